The van der Waals surface area contributed by atoms with Gasteiger partial charge in [-0.15, -0.1) is 11.3 Å². The van der Waals surface area contributed by atoms with Crippen LogP contribution < -0.4 is 0 Å². The topological polar surface area (TPSA) is 20.2 Å². The molecule has 0 fully saturated rings. The van der Waals surface area contributed by atoms with Gasteiger partial charge in [-0.25, -0.2) is 0 Å². The molecule has 0 radical (unpaired) electrons. The highest BCUT2D eigenvalue weighted by Crippen LogP contribution is 2.26. The van der Waals surface area contributed by atoms with E-state index >= 15 is 0 Å². The molecule has 116 valence electrons. The van der Waals surface area contributed by atoms with E-state index in [0.717, 1.165) is 17.7 Å². The molecular formula is C18H32OS. The van der Waals surface area contributed by atoms with Gasteiger partial charge in [-0.1, -0.05) is 71.1 Å². The highest BCUT2D eigenvalue weighted by molar-refractivity contribution is 7.11. The Kier molecular flexibility index (Phi) is 10.0. The summed E-state index contributed by atoms with van der Waals surface area (Å²) in [7, 11) is 0. The average Bonchev–Trinajstić information content (AvgIpc) is 2.87. The van der Waals surface area contributed by atoms with Gasteiger partial charge in [0.15, 0.2) is 0 Å². The predicted molar refractivity (Wildman–Crippen MR) is 90.5 cm³/mol. The molecule has 1 aromatic heterocycles. The van der Waals surface area contributed by atoms with Crippen LogP contribution in [0, 0.1) is 6.92 Å². The Morgan fingerprint density at radius 3 is 1.95 bits per heavy atom. The molecule has 1 atom stereocenters. The number of thiophene rings is 1. The van der Waals surface area contributed by atoms with Crippen molar-refractivity contribution in [2.45, 2.75) is 90.6 Å². The fourth-order valence-electron chi connectivity index (χ4n) is 2.60. The van der Waals surface area contributed by atoms with E-state index in [1.54, 1.807) is 11.3 Å². The van der Waals surface area contributed by atoms with Crippen molar-refractivity contribution in [3.63, 3.8) is 0 Å². The van der Waals surface area contributed by atoms with Crippen LogP contribution in [0.5, 0.6) is 0 Å². The van der Waals surface area contributed by atoms with Crippen molar-refractivity contribution in [1.82, 2.24) is 0 Å². The SMILES string of the molecule is CCCCCCCCCCCCC(O)c1ccc(C)s1. The van der Waals surface area contributed by atoms with Gasteiger partial charge >= 0.3 is 0 Å². The summed E-state index contributed by atoms with van der Waals surface area (Å²) < 4.78 is 0. The molecule has 1 rings (SSSR count). The van der Waals surface area contributed by atoms with E-state index in [1.165, 1.54) is 62.7 Å². The third kappa shape index (κ3) is 8.06. The summed E-state index contributed by atoms with van der Waals surface area (Å²) in [5, 5.41) is 10.1. The summed E-state index contributed by atoms with van der Waals surface area (Å²) in [6, 6.07) is 4.17. The second-order valence-corrected chi connectivity index (χ2v) is 7.25. The van der Waals surface area contributed by atoms with Crippen molar-refractivity contribution in [3.05, 3.63) is 21.9 Å². The molecule has 0 aliphatic carbocycles. The van der Waals surface area contributed by atoms with Crippen molar-refractivity contribution in [2.24, 2.45) is 0 Å². The van der Waals surface area contributed by atoms with Gasteiger partial charge in [-0.2, -0.15) is 0 Å². The highest BCUT2D eigenvalue weighted by Gasteiger charge is 2.08. The average molecular weight is 297 g/mol. The number of aliphatic hydroxyl groups is 1. The van der Waals surface area contributed by atoms with Gasteiger partial charge < -0.3 is 5.11 Å². The standard InChI is InChI=1S/C18H32OS/c1-3-4-5-6-7-8-9-10-11-12-13-17(19)18-15-14-16(2)20-18/h14-15,17,19H,3-13H2,1-2H3. The third-order valence-electron chi connectivity index (χ3n) is 3.92. The van der Waals surface area contributed by atoms with Crippen LogP contribution in [-0.4, -0.2) is 5.11 Å². The van der Waals surface area contributed by atoms with Crippen molar-refractivity contribution < 1.29 is 5.11 Å². The summed E-state index contributed by atoms with van der Waals surface area (Å²) in [6.07, 6.45) is 14.2. The van der Waals surface area contributed by atoms with Crippen LogP contribution >= 0.6 is 11.3 Å². The van der Waals surface area contributed by atoms with Gasteiger partial charge in [-0.3, -0.25) is 0 Å². The Morgan fingerprint density at radius 2 is 1.45 bits per heavy atom. The molecule has 20 heavy (non-hydrogen) atoms. The summed E-state index contributed by atoms with van der Waals surface area (Å²) in [6.45, 7) is 4.37. The molecule has 1 N–H and O–H groups in total. The predicted octanol–water partition coefficient (Wildman–Crippen LogP) is 6.40. The van der Waals surface area contributed by atoms with Crippen molar-refractivity contribution in [1.29, 1.82) is 0 Å². The fraction of sp³-hybridized carbons (Fsp3) is 0.778. The zero-order valence-electron chi connectivity index (χ0n) is 13.4. The zero-order chi connectivity index (χ0) is 14.6. The van der Waals surface area contributed by atoms with Crippen LogP contribution in [0.25, 0.3) is 0 Å². The maximum Gasteiger partial charge on any atom is 0.0882 e. The number of hydrogen-bond acceptors (Lipinski definition) is 2. The van der Waals surface area contributed by atoms with Crippen LogP contribution in [0.3, 0.4) is 0 Å². The number of unbranched alkanes of at least 4 members (excludes halogenated alkanes) is 9. The molecular weight excluding hydrogens is 264 g/mol. The van der Waals surface area contributed by atoms with Gasteiger partial charge in [0.25, 0.3) is 0 Å². The minimum Gasteiger partial charge on any atom is -0.388 e. The number of hydrogen-bond donors (Lipinski definition) is 1. The number of aryl methyl sites for hydroxylation is 1. The summed E-state index contributed by atoms with van der Waals surface area (Å²) >= 11 is 1.73. The van der Waals surface area contributed by atoms with E-state index in [1.807, 2.05) is 0 Å². The smallest absolute Gasteiger partial charge is 0.0882 e. The molecule has 2 heteroatoms. The molecule has 0 saturated carbocycles. The monoisotopic (exact) mass is 296 g/mol. The first-order valence-corrected chi connectivity index (χ1v) is 9.30. The van der Waals surface area contributed by atoms with Crippen LogP contribution in [0.1, 0.15) is 93.4 Å². The molecule has 1 heterocycles. The molecule has 0 spiro atoms. The largest absolute Gasteiger partial charge is 0.388 e. The Balaban J connectivity index is 1.89. The molecule has 1 aromatic rings. The highest BCUT2D eigenvalue weighted by atomic mass is 32.1. The van der Waals surface area contributed by atoms with Gasteiger partial charge in [0.05, 0.1) is 6.10 Å². The Hall–Kier alpha value is -0.340. The lowest BCUT2D eigenvalue weighted by atomic mass is 10.0. The Bertz CT molecular complexity index is 332. The molecule has 0 aliphatic heterocycles. The van der Waals surface area contributed by atoms with Gasteiger partial charge in [0.2, 0.25) is 0 Å². The first kappa shape index (κ1) is 17.7. The molecule has 1 unspecified atom stereocenters. The minimum atomic E-state index is -0.234. The van der Waals surface area contributed by atoms with E-state index in [9.17, 15) is 5.11 Å². The first-order valence-electron chi connectivity index (χ1n) is 8.48. The van der Waals surface area contributed by atoms with Crippen LogP contribution in [0.4, 0.5) is 0 Å². The van der Waals surface area contributed by atoms with E-state index in [2.05, 4.69) is 26.0 Å². The lowest BCUT2D eigenvalue weighted by molar-refractivity contribution is 0.167. The van der Waals surface area contributed by atoms with Crippen molar-refractivity contribution in [3.8, 4) is 0 Å². The maximum absolute atomic E-state index is 10.1. The summed E-state index contributed by atoms with van der Waals surface area (Å²) in [5.74, 6) is 0. The van der Waals surface area contributed by atoms with Crippen LogP contribution in [-0.2, 0) is 0 Å². The minimum absolute atomic E-state index is 0.234. The normalized spacial score (nSPS) is 12.8. The van der Waals surface area contributed by atoms with Crippen molar-refractivity contribution in [2.75, 3.05) is 0 Å². The molecule has 0 aliphatic rings. The van der Waals surface area contributed by atoms with Crippen molar-refractivity contribution >= 4 is 11.3 Å². The maximum atomic E-state index is 10.1. The van der Waals surface area contributed by atoms with Gasteiger partial charge in [-0.05, 0) is 25.5 Å². The van der Waals surface area contributed by atoms with Gasteiger partial charge in [0.1, 0.15) is 0 Å². The molecule has 1 nitrogen and oxygen atoms in total. The fourth-order valence-corrected chi connectivity index (χ4v) is 3.50. The lowest BCUT2D eigenvalue weighted by Crippen LogP contribution is -1.94. The van der Waals surface area contributed by atoms with E-state index in [4.69, 9.17) is 0 Å². The quantitative estimate of drug-likeness (QED) is 0.442. The zero-order valence-corrected chi connectivity index (χ0v) is 14.2. The second-order valence-electron chi connectivity index (χ2n) is 5.93. The molecule has 0 bridgehead atoms. The summed E-state index contributed by atoms with van der Waals surface area (Å²) in [4.78, 5) is 2.43. The molecule has 0 aromatic carbocycles. The van der Waals surface area contributed by atoms with E-state index in [-0.39, 0.29) is 6.10 Å². The lowest BCUT2D eigenvalue weighted by Gasteiger charge is -2.08. The Labute approximate surface area is 129 Å². The second kappa shape index (κ2) is 11.3. The summed E-state index contributed by atoms with van der Waals surface area (Å²) in [5.41, 5.74) is 0. The number of aliphatic hydroxyl groups excluding tert-OH is 1. The van der Waals surface area contributed by atoms with E-state index < -0.39 is 0 Å². The van der Waals surface area contributed by atoms with Crippen LogP contribution in [0.15, 0.2) is 12.1 Å². The Morgan fingerprint density at radius 1 is 0.900 bits per heavy atom. The number of rotatable bonds is 12. The first-order chi connectivity index (χ1) is 9.74. The third-order valence-corrected chi connectivity index (χ3v) is 5.02. The molecule has 0 amide bonds. The van der Waals surface area contributed by atoms with Crippen LogP contribution in [0.2, 0.25) is 0 Å². The molecule has 0 saturated heterocycles. The van der Waals surface area contributed by atoms with E-state index in [0.29, 0.717) is 0 Å². The van der Waals surface area contributed by atoms with Gasteiger partial charge in [0, 0.05) is 9.75 Å².